The molecule has 0 spiro atoms. The second-order valence-corrected chi connectivity index (χ2v) is 19.3. The van der Waals surface area contributed by atoms with E-state index in [2.05, 4.69) is 290 Å². The van der Waals surface area contributed by atoms with Gasteiger partial charge < -0.3 is 9.47 Å². The minimum atomic E-state index is -0.113. The van der Waals surface area contributed by atoms with E-state index >= 15 is 0 Å². The molecule has 0 fully saturated rings. The maximum Gasteiger partial charge on any atom is 0.0541 e. The molecule has 13 rings (SSSR count). The SMILES string of the molecule is CC1(C)c2ccccc2-c2ccc(N(c3ccc(-c4ccc(-c5ccc(-n6c7ccc(-c8ccccc8)cc7c7cc(-c8ccccc8)ccc76)cc5)cc4)cc3)c3ccccc3-c3ccccc3)cc21. The average molecular weight is 907 g/mol. The number of benzene rings is 11. The molecule has 1 aliphatic carbocycles. The van der Waals surface area contributed by atoms with Crippen molar-refractivity contribution in [2.45, 2.75) is 19.3 Å². The summed E-state index contributed by atoms with van der Waals surface area (Å²) in [5.74, 6) is 0. The molecule has 12 aromatic rings. The van der Waals surface area contributed by atoms with Gasteiger partial charge in [-0.25, -0.2) is 0 Å². The van der Waals surface area contributed by atoms with E-state index < -0.39 is 0 Å². The molecule has 11 aromatic carbocycles. The number of rotatable bonds is 9. The van der Waals surface area contributed by atoms with Gasteiger partial charge in [0.15, 0.2) is 0 Å². The molecule has 1 aliphatic rings. The molecule has 0 saturated carbocycles. The van der Waals surface area contributed by atoms with Crippen LogP contribution in [0.15, 0.2) is 267 Å². The Kier molecular flexibility index (Phi) is 10.2. The topological polar surface area (TPSA) is 8.17 Å². The molecule has 0 atom stereocenters. The summed E-state index contributed by atoms with van der Waals surface area (Å²) in [6.45, 7) is 4.71. The third-order valence-corrected chi connectivity index (χ3v) is 14.8. The van der Waals surface area contributed by atoms with Crippen LogP contribution in [0, 0.1) is 0 Å². The molecular formula is C69H50N2. The lowest BCUT2D eigenvalue weighted by molar-refractivity contribution is 0.660. The van der Waals surface area contributed by atoms with Gasteiger partial charge in [-0.2, -0.15) is 0 Å². The number of hydrogen-bond donors (Lipinski definition) is 0. The van der Waals surface area contributed by atoms with Gasteiger partial charge in [0, 0.05) is 38.8 Å². The molecular weight excluding hydrogens is 857 g/mol. The van der Waals surface area contributed by atoms with Crippen LogP contribution in [0.1, 0.15) is 25.0 Å². The Bertz CT molecular complexity index is 3810. The van der Waals surface area contributed by atoms with Crippen molar-refractivity contribution < 1.29 is 0 Å². The van der Waals surface area contributed by atoms with Crippen LogP contribution in [-0.4, -0.2) is 4.57 Å². The Hall–Kier alpha value is -8.98. The third kappa shape index (κ3) is 7.35. The molecule has 1 aromatic heterocycles. The zero-order chi connectivity index (χ0) is 47.5. The summed E-state index contributed by atoms with van der Waals surface area (Å²) >= 11 is 0. The summed E-state index contributed by atoms with van der Waals surface area (Å²) in [6, 6.07) is 97.7. The first-order chi connectivity index (χ1) is 35.0. The maximum atomic E-state index is 2.43. The standard InChI is InChI=1S/C69H50N2/c1-69(2)64-24-14-12-23-60(64)61-41-40-58(46-65(61)69)70(66-25-15-13-22-59(66)53-20-10-5-11-21-53)56-36-30-51(31-37-56)49-26-28-50(29-27-49)52-32-38-57(39-33-52)71-67-42-34-54(47-16-6-3-7-17-47)44-62(67)63-45-55(35-43-68(63)71)48-18-8-4-9-19-48/h3-46H,1-2H3. The van der Waals surface area contributed by atoms with Crippen LogP contribution in [0.4, 0.5) is 17.1 Å². The van der Waals surface area contributed by atoms with Gasteiger partial charge in [0.2, 0.25) is 0 Å². The quantitative estimate of drug-likeness (QED) is 0.140. The van der Waals surface area contributed by atoms with Crippen molar-refractivity contribution in [1.29, 1.82) is 0 Å². The third-order valence-electron chi connectivity index (χ3n) is 14.8. The monoisotopic (exact) mass is 906 g/mol. The lowest BCUT2D eigenvalue weighted by Gasteiger charge is -2.30. The van der Waals surface area contributed by atoms with E-state index in [0.717, 1.165) is 22.7 Å². The molecule has 0 saturated heterocycles. The normalized spacial score (nSPS) is 12.5. The van der Waals surface area contributed by atoms with Gasteiger partial charge in [0.25, 0.3) is 0 Å². The van der Waals surface area contributed by atoms with E-state index in [1.165, 1.54) is 99.7 Å². The van der Waals surface area contributed by atoms with Crippen LogP contribution in [0.25, 0.3) is 94.3 Å². The maximum absolute atomic E-state index is 2.43. The Morgan fingerprint density at radius 1 is 0.296 bits per heavy atom. The lowest BCUT2D eigenvalue weighted by atomic mass is 9.82. The van der Waals surface area contributed by atoms with Crippen LogP contribution >= 0.6 is 0 Å². The largest absolute Gasteiger partial charge is 0.310 e. The van der Waals surface area contributed by atoms with Crippen molar-refractivity contribution >= 4 is 38.9 Å². The van der Waals surface area contributed by atoms with Crippen LogP contribution in [0.5, 0.6) is 0 Å². The van der Waals surface area contributed by atoms with Gasteiger partial charge in [0.05, 0.1) is 16.7 Å². The number of anilines is 3. The molecule has 0 bridgehead atoms. The van der Waals surface area contributed by atoms with Crippen molar-refractivity contribution in [3.05, 3.63) is 278 Å². The summed E-state index contributed by atoms with van der Waals surface area (Å²) in [5.41, 5.74) is 24.2. The van der Waals surface area contributed by atoms with E-state index in [1.807, 2.05) is 0 Å². The Balaban J connectivity index is 0.822. The Labute approximate surface area is 416 Å². The van der Waals surface area contributed by atoms with Gasteiger partial charge in [0.1, 0.15) is 0 Å². The Morgan fingerprint density at radius 2 is 0.704 bits per heavy atom. The van der Waals surface area contributed by atoms with Crippen LogP contribution in [0.3, 0.4) is 0 Å². The molecule has 336 valence electrons. The van der Waals surface area contributed by atoms with E-state index in [4.69, 9.17) is 0 Å². The van der Waals surface area contributed by atoms with Crippen molar-refractivity contribution in [2.75, 3.05) is 4.90 Å². The van der Waals surface area contributed by atoms with Crippen molar-refractivity contribution in [2.24, 2.45) is 0 Å². The van der Waals surface area contributed by atoms with Crippen LogP contribution in [0.2, 0.25) is 0 Å². The molecule has 0 unspecified atom stereocenters. The molecule has 71 heavy (non-hydrogen) atoms. The molecule has 1 heterocycles. The first kappa shape index (κ1) is 42.1. The van der Waals surface area contributed by atoms with Gasteiger partial charge in [-0.1, -0.05) is 214 Å². The van der Waals surface area contributed by atoms with E-state index in [-0.39, 0.29) is 5.41 Å². The first-order valence-electron chi connectivity index (χ1n) is 24.7. The molecule has 0 aliphatic heterocycles. The highest BCUT2D eigenvalue weighted by atomic mass is 15.1. The molecule has 2 nitrogen and oxygen atoms in total. The average Bonchev–Trinajstić information content (AvgIpc) is 3.89. The predicted molar refractivity (Wildman–Crippen MR) is 300 cm³/mol. The predicted octanol–water partition coefficient (Wildman–Crippen LogP) is 18.9. The van der Waals surface area contributed by atoms with Gasteiger partial charge in [-0.15, -0.1) is 0 Å². The van der Waals surface area contributed by atoms with E-state index in [0.29, 0.717) is 0 Å². The van der Waals surface area contributed by atoms with Crippen molar-refractivity contribution in [1.82, 2.24) is 4.57 Å². The molecule has 0 radical (unpaired) electrons. The summed E-state index contributed by atoms with van der Waals surface area (Å²) in [6.07, 6.45) is 0. The molecule has 2 heteroatoms. The number of hydrogen-bond acceptors (Lipinski definition) is 1. The highest BCUT2D eigenvalue weighted by Crippen LogP contribution is 2.51. The summed E-state index contributed by atoms with van der Waals surface area (Å²) in [4.78, 5) is 2.43. The summed E-state index contributed by atoms with van der Waals surface area (Å²) < 4.78 is 2.41. The van der Waals surface area contributed by atoms with Crippen molar-refractivity contribution in [3.8, 4) is 72.4 Å². The van der Waals surface area contributed by atoms with Crippen LogP contribution < -0.4 is 4.90 Å². The van der Waals surface area contributed by atoms with Crippen LogP contribution in [-0.2, 0) is 5.41 Å². The summed E-state index contributed by atoms with van der Waals surface area (Å²) in [5, 5.41) is 2.49. The minimum Gasteiger partial charge on any atom is -0.310 e. The fourth-order valence-corrected chi connectivity index (χ4v) is 11.2. The minimum absolute atomic E-state index is 0.113. The second kappa shape index (κ2) is 17.2. The van der Waals surface area contributed by atoms with Gasteiger partial charge in [-0.05, 0) is 139 Å². The molecule has 0 N–H and O–H groups in total. The zero-order valence-electron chi connectivity index (χ0n) is 39.8. The first-order valence-corrected chi connectivity index (χ1v) is 24.7. The summed E-state index contributed by atoms with van der Waals surface area (Å²) in [7, 11) is 0. The highest BCUT2D eigenvalue weighted by Gasteiger charge is 2.36. The fourth-order valence-electron chi connectivity index (χ4n) is 11.2. The van der Waals surface area contributed by atoms with Gasteiger partial charge in [-0.3, -0.25) is 0 Å². The van der Waals surface area contributed by atoms with E-state index in [1.54, 1.807) is 0 Å². The number of para-hydroxylation sites is 1. The smallest absolute Gasteiger partial charge is 0.0541 e. The Morgan fingerprint density at radius 3 is 1.27 bits per heavy atom. The lowest BCUT2D eigenvalue weighted by Crippen LogP contribution is -2.16. The number of nitrogens with zero attached hydrogens (tertiary/aromatic N) is 2. The number of fused-ring (bicyclic) bond motifs is 6. The second-order valence-electron chi connectivity index (χ2n) is 19.3. The van der Waals surface area contributed by atoms with Gasteiger partial charge >= 0.3 is 0 Å². The number of aromatic nitrogens is 1. The highest BCUT2D eigenvalue weighted by molar-refractivity contribution is 6.11. The van der Waals surface area contributed by atoms with E-state index in [9.17, 15) is 0 Å². The zero-order valence-corrected chi connectivity index (χ0v) is 39.8. The fraction of sp³-hybridized carbons (Fsp3) is 0.0435. The molecule has 0 amide bonds. The van der Waals surface area contributed by atoms with Crippen molar-refractivity contribution in [3.63, 3.8) is 0 Å².